The van der Waals surface area contributed by atoms with Crippen LogP contribution in [-0.4, -0.2) is 43.1 Å². The van der Waals surface area contributed by atoms with Crippen molar-refractivity contribution in [3.05, 3.63) is 46.0 Å². The zero-order valence-electron chi connectivity index (χ0n) is 17.2. The number of piperidine rings is 1. The number of benzene rings is 2. The molecule has 2 heterocycles. The van der Waals surface area contributed by atoms with Crippen LogP contribution in [0, 0.1) is 10.1 Å². The molecule has 1 aromatic heterocycles. The molecule has 4 rings (SSSR count). The minimum atomic E-state index is -0.467. The first-order chi connectivity index (χ1) is 15.0. The highest BCUT2D eigenvalue weighted by Gasteiger charge is 2.24. The maximum absolute atomic E-state index is 12.8. The van der Waals surface area contributed by atoms with Crippen molar-refractivity contribution in [3.8, 4) is 11.5 Å². The Balaban J connectivity index is 1.62. The predicted molar refractivity (Wildman–Crippen MR) is 120 cm³/mol. The van der Waals surface area contributed by atoms with Crippen LogP contribution in [0.25, 0.3) is 10.2 Å². The molecule has 3 aromatic rings. The van der Waals surface area contributed by atoms with Gasteiger partial charge in [0.25, 0.3) is 11.6 Å². The normalized spacial score (nSPS) is 13.8. The number of hydrogen-bond acceptors (Lipinski definition) is 8. The van der Waals surface area contributed by atoms with E-state index in [4.69, 9.17) is 9.47 Å². The third-order valence-electron chi connectivity index (χ3n) is 5.26. The van der Waals surface area contributed by atoms with Gasteiger partial charge in [-0.05, 0) is 43.5 Å². The molecule has 1 amide bonds. The minimum Gasteiger partial charge on any atom is -0.495 e. The Bertz CT molecular complexity index is 1100. The molecular weight excluding hydrogens is 420 g/mol. The molecule has 1 aliphatic heterocycles. The van der Waals surface area contributed by atoms with E-state index in [-0.39, 0.29) is 11.3 Å². The number of fused-ring (bicyclic) bond motifs is 1. The molecule has 0 bridgehead atoms. The Morgan fingerprint density at radius 1 is 1.13 bits per heavy atom. The van der Waals surface area contributed by atoms with E-state index in [1.165, 1.54) is 17.4 Å². The van der Waals surface area contributed by atoms with E-state index in [2.05, 4.69) is 10.3 Å². The highest BCUT2D eigenvalue weighted by Crippen LogP contribution is 2.39. The maximum atomic E-state index is 12.8. The van der Waals surface area contributed by atoms with Crippen LogP contribution in [0.2, 0.25) is 0 Å². The zero-order chi connectivity index (χ0) is 22.0. The lowest BCUT2D eigenvalue weighted by Crippen LogP contribution is -2.30. The summed E-state index contributed by atoms with van der Waals surface area (Å²) >= 11 is 1.25. The van der Waals surface area contributed by atoms with Crippen molar-refractivity contribution < 1.29 is 19.2 Å². The molecule has 1 fully saturated rings. The number of ether oxygens (including phenoxy) is 2. The average molecular weight is 442 g/mol. The van der Waals surface area contributed by atoms with Gasteiger partial charge in [-0.15, -0.1) is 0 Å². The van der Waals surface area contributed by atoms with Crippen LogP contribution in [0.1, 0.15) is 29.6 Å². The smallest absolute Gasteiger partial charge is 0.293 e. The van der Waals surface area contributed by atoms with Crippen molar-refractivity contribution >= 4 is 44.0 Å². The predicted octanol–water partition coefficient (Wildman–Crippen LogP) is 4.46. The Morgan fingerprint density at radius 3 is 2.52 bits per heavy atom. The molecule has 0 saturated carbocycles. The van der Waals surface area contributed by atoms with E-state index < -0.39 is 10.8 Å². The van der Waals surface area contributed by atoms with E-state index in [0.717, 1.165) is 37.1 Å². The lowest BCUT2D eigenvalue weighted by molar-refractivity contribution is -0.384. The van der Waals surface area contributed by atoms with Crippen molar-refractivity contribution in [2.45, 2.75) is 19.3 Å². The number of nitrogens with zero attached hydrogens (tertiary/aromatic N) is 3. The van der Waals surface area contributed by atoms with Gasteiger partial charge in [0.2, 0.25) is 0 Å². The Kier molecular flexibility index (Phi) is 5.90. The van der Waals surface area contributed by atoms with Gasteiger partial charge in [-0.1, -0.05) is 11.3 Å². The second-order valence-corrected chi connectivity index (χ2v) is 8.13. The van der Waals surface area contributed by atoms with Crippen LogP contribution in [0.3, 0.4) is 0 Å². The summed E-state index contributed by atoms with van der Waals surface area (Å²) in [4.78, 5) is 30.5. The van der Waals surface area contributed by atoms with E-state index in [1.807, 2.05) is 4.90 Å². The number of thiazole rings is 1. The summed E-state index contributed by atoms with van der Waals surface area (Å²) in [6.07, 6.45) is 3.14. The fraction of sp³-hybridized carbons (Fsp3) is 0.333. The standard InChI is InChI=1S/C21H22N4O5S/c1-29-16-8-9-17(30-2)19-18(16)22-21(31-19)23-20(26)13-6-7-14(15(12-13)25(27)28)24-10-4-3-5-11-24/h6-9,12H,3-5,10-11H2,1-2H3,(H,22,23,26). The van der Waals surface area contributed by atoms with Gasteiger partial charge < -0.3 is 14.4 Å². The second kappa shape index (κ2) is 8.76. The van der Waals surface area contributed by atoms with Crippen LogP contribution in [0.4, 0.5) is 16.5 Å². The number of rotatable bonds is 6. The van der Waals surface area contributed by atoms with Crippen molar-refractivity contribution in [1.82, 2.24) is 4.98 Å². The molecule has 0 radical (unpaired) electrons. The van der Waals surface area contributed by atoms with Gasteiger partial charge in [0.15, 0.2) is 5.13 Å². The van der Waals surface area contributed by atoms with Gasteiger partial charge in [0, 0.05) is 24.7 Å². The Morgan fingerprint density at radius 2 is 1.84 bits per heavy atom. The summed E-state index contributed by atoms with van der Waals surface area (Å²) in [6.45, 7) is 1.56. The first-order valence-electron chi connectivity index (χ1n) is 9.88. The van der Waals surface area contributed by atoms with Gasteiger partial charge in [0.1, 0.15) is 27.4 Å². The van der Waals surface area contributed by atoms with Crippen molar-refractivity contribution in [1.29, 1.82) is 0 Å². The minimum absolute atomic E-state index is 0.0674. The zero-order valence-corrected chi connectivity index (χ0v) is 18.0. The molecule has 162 valence electrons. The second-order valence-electron chi connectivity index (χ2n) is 7.13. The monoisotopic (exact) mass is 442 g/mol. The SMILES string of the molecule is COc1ccc(OC)c2sc(NC(=O)c3ccc(N4CCCCC4)c([N+](=O)[O-])c3)nc12. The summed E-state index contributed by atoms with van der Waals surface area (Å²) in [7, 11) is 3.10. The number of aromatic nitrogens is 1. The molecule has 0 atom stereocenters. The third-order valence-corrected chi connectivity index (χ3v) is 6.25. The average Bonchev–Trinajstić information content (AvgIpc) is 3.22. The lowest BCUT2D eigenvalue weighted by atomic mass is 10.1. The van der Waals surface area contributed by atoms with E-state index in [0.29, 0.717) is 27.8 Å². The van der Waals surface area contributed by atoms with Crippen molar-refractivity contribution in [3.63, 3.8) is 0 Å². The molecule has 31 heavy (non-hydrogen) atoms. The highest BCUT2D eigenvalue weighted by molar-refractivity contribution is 7.22. The molecule has 0 spiro atoms. The van der Waals surface area contributed by atoms with Gasteiger partial charge in [-0.2, -0.15) is 0 Å². The summed E-state index contributed by atoms with van der Waals surface area (Å²) in [5, 5.41) is 14.8. The van der Waals surface area contributed by atoms with Gasteiger partial charge in [0.05, 0.1) is 19.1 Å². The number of methoxy groups -OCH3 is 2. The Hall–Kier alpha value is -3.40. The molecule has 0 unspecified atom stereocenters. The summed E-state index contributed by atoms with van der Waals surface area (Å²) in [6, 6.07) is 8.11. The fourth-order valence-corrected chi connectivity index (χ4v) is 4.69. The number of nitro groups is 1. The van der Waals surface area contributed by atoms with Gasteiger partial charge >= 0.3 is 0 Å². The highest BCUT2D eigenvalue weighted by atomic mass is 32.1. The number of nitro benzene ring substituents is 1. The molecular formula is C21H22N4O5S. The summed E-state index contributed by atoms with van der Waals surface area (Å²) in [5.74, 6) is 0.717. The molecule has 1 N–H and O–H groups in total. The summed E-state index contributed by atoms with van der Waals surface area (Å²) < 4.78 is 11.4. The number of hydrogen-bond donors (Lipinski definition) is 1. The van der Waals surface area contributed by atoms with Gasteiger partial charge in [-0.3, -0.25) is 20.2 Å². The largest absolute Gasteiger partial charge is 0.495 e. The summed E-state index contributed by atoms with van der Waals surface area (Å²) in [5.41, 5.74) is 1.26. The maximum Gasteiger partial charge on any atom is 0.293 e. The van der Waals surface area contributed by atoms with Crippen LogP contribution in [-0.2, 0) is 0 Å². The van der Waals surface area contributed by atoms with E-state index in [1.54, 1.807) is 38.5 Å². The van der Waals surface area contributed by atoms with Crippen LogP contribution < -0.4 is 19.7 Å². The fourth-order valence-electron chi connectivity index (χ4n) is 3.72. The number of anilines is 2. The van der Waals surface area contributed by atoms with Crippen LogP contribution in [0.15, 0.2) is 30.3 Å². The number of carbonyl (C=O) groups excluding carboxylic acids is 1. The van der Waals surface area contributed by atoms with Crippen molar-refractivity contribution in [2.24, 2.45) is 0 Å². The topological polar surface area (TPSA) is 107 Å². The molecule has 0 aliphatic carbocycles. The van der Waals surface area contributed by atoms with E-state index in [9.17, 15) is 14.9 Å². The van der Waals surface area contributed by atoms with Gasteiger partial charge in [-0.25, -0.2) is 4.98 Å². The van der Waals surface area contributed by atoms with E-state index >= 15 is 0 Å². The lowest BCUT2D eigenvalue weighted by Gasteiger charge is -2.28. The Labute approximate surface area is 182 Å². The molecule has 1 aliphatic rings. The van der Waals surface area contributed by atoms with Crippen LogP contribution in [0.5, 0.6) is 11.5 Å². The molecule has 2 aromatic carbocycles. The molecule has 1 saturated heterocycles. The first-order valence-corrected chi connectivity index (χ1v) is 10.7. The first kappa shape index (κ1) is 20.9. The molecule has 10 heteroatoms. The number of carbonyl (C=O) groups is 1. The van der Waals surface area contributed by atoms with Crippen molar-refractivity contribution in [2.75, 3.05) is 37.5 Å². The quantitative estimate of drug-likeness (QED) is 0.443. The third kappa shape index (κ3) is 4.11. The van der Waals surface area contributed by atoms with Crippen LogP contribution >= 0.6 is 11.3 Å². The molecule has 9 nitrogen and oxygen atoms in total. The number of nitrogens with one attached hydrogen (secondary N) is 1. The number of amides is 1.